The molecule has 3 aromatic rings. The summed E-state index contributed by atoms with van der Waals surface area (Å²) in [6.45, 7) is 8.83. The maximum absolute atomic E-state index is 12.7. The molecule has 31 heavy (non-hydrogen) atoms. The van der Waals surface area contributed by atoms with Gasteiger partial charge in [0.1, 0.15) is 5.82 Å². The van der Waals surface area contributed by atoms with E-state index in [4.69, 9.17) is 5.73 Å². The number of carbonyl (C=O) groups is 1. The van der Waals surface area contributed by atoms with Crippen molar-refractivity contribution in [3.63, 3.8) is 0 Å². The number of aryl methyl sites for hydroxylation is 3. The number of primary amides is 1. The van der Waals surface area contributed by atoms with Crippen molar-refractivity contribution in [3.05, 3.63) is 57.5 Å². The van der Waals surface area contributed by atoms with Gasteiger partial charge < -0.3 is 5.73 Å². The highest BCUT2D eigenvalue weighted by atomic mass is 16.2. The van der Waals surface area contributed by atoms with Crippen molar-refractivity contribution in [3.8, 4) is 0 Å². The fraction of sp³-hybridized carbons (Fsp3) is 0.478. The number of aromatic nitrogens is 4. The molecule has 8 heteroatoms. The molecule has 0 saturated carbocycles. The number of hydrogen-bond acceptors (Lipinski definition) is 5. The van der Waals surface area contributed by atoms with Crippen LogP contribution >= 0.6 is 0 Å². The Morgan fingerprint density at radius 2 is 1.90 bits per heavy atom. The van der Waals surface area contributed by atoms with Crippen LogP contribution in [0.4, 0.5) is 0 Å². The van der Waals surface area contributed by atoms with E-state index in [9.17, 15) is 9.59 Å². The second kappa shape index (κ2) is 8.63. The van der Waals surface area contributed by atoms with E-state index in [-0.39, 0.29) is 11.7 Å². The largest absolute Gasteiger partial charge is 0.365 e. The third-order valence-electron chi connectivity index (χ3n) is 6.28. The molecule has 1 aliphatic rings. The smallest absolute Gasteiger partial charge is 0.329 e. The molecule has 1 saturated heterocycles. The lowest BCUT2D eigenvalue weighted by Crippen LogP contribution is -2.34. The monoisotopic (exact) mass is 422 g/mol. The fourth-order valence-corrected chi connectivity index (χ4v) is 4.67. The summed E-state index contributed by atoms with van der Waals surface area (Å²) in [5.41, 5.74) is 9.58. The number of nitrogens with two attached hydrogens (primary N) is 1. The SMILES string of the molecule is CCn1c(=O)n(CC)c2cc(CN3CCCC[C@@H]3c3ncc(C(N)=O)c(C)n3)ccc21. The van der Waals surface area contributed by atoms with Crippen molar-refractivity contribution in [1.82, 2.24) is 24.0 Å². The first-order valence-electron chi connectivity index (χ1n) is 11.0. The summed E-state index contributed by atoms with van der Waals surface area (Å²) >= 11 is 0. The Morgan fingerprint density at radius 3 is 2.58 bits per heavy atom. The first-order valence-corrected chi connectivity index (χ1v) is 11.0. The Morgan fingerprint density at radius 1 is 1.16 bits per heavy atom. The zero-order chi connectivity index (χ0) is 22.1. The van der Waals surface area contributed by atoms with E-state index in [1.165, 1.54) is 5.56 Å². The van der Waals surface area contributed by atoms with Gasteiger partial charge in [0.15, 0.2) is 0 Å². The average Bonchev–Trinajstić information content (AvgIpc) is 3.03. The highest BCUT2D eigenvalue weighted by Gasteiger charge is 2.27. The zero-order valence-electron chi connectivity index (χ0n) is 18.5. The van der Waals surface area contributed by atoms with Gasteiger partial charge in [-0.05, 0) is 57.9 Å². The molecule has 8 nitrogen and oxygen atoms in total. The number of likely N-dealkylation sites (tertiary alicyclic amines) is 1. The number of hydrogen-bond donors (Lipinski definition) is 1. The molecule has 2 aromatic heterocycles. The lowest BCUT2D eigenvalue weighted by molar-refractivity contribution is 0.0998. The Labute approximate surface area is 181 Å². The maximum Gasteiger partial charge on any atom is 0.329 e. The average molecular weight is 423 g/mol. The molecule has 0 radical (unpaired) electrons. The second-order valence-corrected chi connectivity index (χ2v) is 8.17. The van der Waals surface area contributed by atoms with Crippen molar-refractivity contribution in [2.24, 2.45) is 5.73 Å². The molecule has 2 N–H and O–H groups in total. The summed E-state index contributed by atoms with van der Waals surface area (Å²) in [5.74, 6) is 0.240. The minimum Gasteiger partial charge on any atom is -0.365 e. The summed E-state index contributed by atoms with van der Waals surface area (Å²) < 4.78 is 3.66. The van der Waals surface area contributed by atoms with Crippen LogP contribution in [-0.4, -0.2) is 36.5 Å². The number of nitrogens with zero attached hydrogens (tertiary/aromatic N) is 5. The molecule has 0 aliphatic carbocycles. The normalized spacial score (nSPS) is 17.3. The Bertz CT molecular complexity index is 1180. The van der Waals surface area contributed by atoms with Crippen LogP contribution < -0.4 is 11.4 Å². The van der Waals surface area contributed by atoms with E-state index in [0.717, 1.165) is 49.2 Å². The molecule has 3 heterocycles. The molecule has 1 atom stereocenters. The second-order valence-electron chi connectivity index (χ2n) is 8.17. The summed E-state index contributed by atoms with van der Waals surface area (Å²) in [4.78, 5) is 35.7. The summed E-state index contributed by atoms with van der Waals surface area (Å²) in [5, 5.41) is 0. The van der Waals surface area contributed by atoms with Crippen LogP contribution in [0, 0.1) is 6.92 Å². The van der Waals surface area contributed by atoms with Gasteiger partial charge in [0.2, 0.25) is 0 Å². The highest BCUT2D eigenvalue weighted by Crippen LogP contribution is 2.31. The van der Waals surface area contributed by atoms with E-state index in [1.807, 2.05) is 23.0 Å². The van der Waals surface area contributed by atoms with Crippen molar-refractivity contribution < 1.29 is 4.79 Å². The van der Waals surface area contributed by atoms with E-state index < -0.39 is 5.91 Å². The van der Waals surface area contributed by atoms with Crippen LogP contribution in [0.1, 0.15) is 66.6 Å². The van der Waals surface area contributed by atoms with Gasteiger partial charge in [-0.3, -0.25) is 18.8 Å². The summed E-state index contributed by atoms with van der Waals surface area (Å²) in [7, 11) is 0. The van der Waals surface area contributed by atoms with Crippen molar-refractivity contribution in [2.75, 3.05) is 6.54 Å². The van der Waals surface area contributed by atoms with Gasteiger partial charge in [-0.15, -0.1) is 0 Å². The highest BCUT2D eigenvalue weighted by molar-refractivity contribution is 5.93. The molecule has 0 spiro atoms. The molecule has 4 rings (SSSR count). The fourth-order valence-electron chi connectivity index (χ4n) is 4.67. The quantitative estimate of drug-likeness (QED) is 0.659. The third-order valence-corrected chi connectivity index (χ3v) is 6.28. The lowest BCUT2D eigenvalue weighted by Gasteiger charge is -2.34. The van der Waals surface area contributed by atoms with Gasteiger partial charge in [-0.2, -0.15) is 0 Å². The number of amides is 1. The van der Waals surface area contributed by atoms with Crippen LogP contribution in [0.15, 0.2) is 29.2 Å². The lowest BCUT2D eigenvalue weighted by atomic mass is 10.00. The topological polar surface area (TPSA) is 99.0 Å². The van der Waals surface area contributed by atoms with E-state index in [2.05, 4.69) is 33.1 Å². The molecular formula is C23H30N6O2. The van der Waals surface area contributed by atoms with E-state index >= 15 is 0 Å². The molecule has 0 unspecified atom stereocenters. The molecule has 1 aliphatic heterocycles. The van der Waals surface area contributed by atoms with Crippen molar-refractivity contribution in [1.29, 1.82) is 0 Å². The molecule has 164 valence electrons. The van der Waals surface area contributed by atoms with Crippen LogP contribution in [0.5, 0.6) is 0 Å². The number of carbonyl (C=O) groups excluding carboxylic acids is 1. The summed E-state index contributed by atoms with van der Waals surface area (Å²) in [6.07, 6.45) is 4.77. The molecule has 1 fully saturated rings. The van der Waals surface area contributed by atoms with Gasteiger partial charge >= 0.3 is 5.69 Å². The van der Waals surface area contributed by atoms with Gasteiger partial charge in [0.05, 0.1) is 28.3 Å². The van der Waals surface area contributed by atoms with Crippen molar-refractivity contribution >= 4 is 16.9 Å². The van der Waals surface area contributed by atoms with E-state index in [0.29, 0.717) is 24.3 Å². The summed E-state index contributed by atoms with van der Waals surface area (Å²) in [6, 6.07) is 6.41. The number of rotatable bonds is 6. The van der Waals surface area contributed by atoms with Gasteiger partial charge in [-0.1, -0.05) is 12.5 Å². The zero-order valence-corrected chi connectivity index (χ0v) is 18.5. The number of fused-ring (bicyclic) bond motifs is 1. The number of imidazole rings is 1. The molecule has 1 amide bonds. The molecule has 1 aromatic carbocycles. The van der Waals surface area contributed by atoms with Crippen molar-refractivity contribution in [2.45, 2.75) is 65.7 Å². The van der Waals surface area contributed by atoms with E-state index in [1.54, 1.807) is 13.1 Å². The molecule has 0 bridgehead atoms. The molecular weight excluding hydrogens is 392 g/mol. The minimum absolute atomic E-state index is 0.0476. The third kappa shape index (κ3) is 3.87. The van der Waals surface area contributed by atoms with Gasteiger partial charge in [0.25, 0.3) is 5.91 Å². The van der Waals surface area contributed by atoms with Crippen LogP contribution in [0.25, 0.3) is 11.0 Å². The first-order chi connectivity index (χ1) is 14.9. The van der Waals surface area contributed by atoms with Crippen LogP contribution in [0.3, 0.4) is 0 Å². The standard InChI is InChI=1S/C23H30N6O2/c1-4-28-18-10-9-16(12-20(18)29(5-2)23(28)31)14-27-11-7-6-8-19(27)22-25-13-17(21(24)30)15(3)26-22/h9-10,12-13,19H,4-8,11,14H2,1-3H3,(H2,24,30)/t19-/m1/s1. The minimum atomic E-state index is -0.501. The number of benzene rings is 1. The Balaban J connectivity index is 1.65. The van der Waals surface area contributed by atoms with Gasteiger partial charge in [0, 0.05) is 25.8 Å². The van der Waals surface area contributed by atoms with Crippen LogP contribution in [-0.2, 0) is 19.6 Å². The Hall–Kier alpha value is -3.00. The first kappa shape index (κ1) is 21.2. The number of piperidine rings is 1. The predicted octanol–water partition coefficient (Wildman–Crippen LogP) is 2.77. The Kier molecular flexibility index (Phi) is 5.91. The maximum atomic E-state index is 12.7. The predicted molar refractivity (Wildman–Crippen MR) is 120 cm³/mol. The van der Waals surface area contributed by atoms with Crippen LogP contribution in [0.2, 0.25) is 0 Å². The van der Waals surface area contributed by atoms with Gasteiger partial charge in [-0.25, -0.2) is 14.8 Å².